The highest BCUT2D eigenvalue weighted by atomic mass is 35.5. The second-order valence-corrected chi connectivity index (χ2v) is 9.55. The van der Waals surface area contributed by atoms with Crippen molar-refractivity contribution in [3.63, 3.8) is 0 Å². The van der Waals surface area contributed by atoms with Crippen LogP contribution in [0, 0.1) is 0 Å². The van der Waals surface area contributed by atoms with Gasteiger partial charge in [-0.25, -0.2) is 0 Å². The maximum atomic E-state index is 12.5. The highest BCUT2D eigenvalue weighted by molar-refractivity contribution is 8.18. The Bertz CT molecular complexity index is 1250. The quantitative estimate of drug-likeness (QED) is 0.425. The van der Waals surface area contributed by atoms with E-state index < -0.39 is 0 Å². The summed E-state index contributed by atoms with van der Waals surface area (Å²) in [6.45, 7) is 2.12. The minimum Gasteiger partial charge on any atom is -0.371 e. The second kappa shape index (κ2) is 9.14. The van der Waals surface area contributed by atoms with Crippen LogP contribution in [0.1, 0.15) is 24.8 Å². The Kier molecular flexibility index (Phi) is 6.09. The van der Waals surface area contributed by atoms with Gasteiger partial charge in [0, 0.05) is 30.4 Å². The van der Waals surface area contributed by atoms with Crippen LogP contribution in [-0.4, -0.2) is 29.1 Å². The van der Waals surface area contributed by atoms with E-state index in [1.165, 1.54) is 36.7 Å². The van der Waals surface area contributed by atoms with Gasteiger partial charge in [-0.3, -0.25) is 9.78 Å². The molecule has 2 aromatic carbocycles. The number of nitrogens with zero attached hydrogens (tertiary/aromatic N) is 3. The summed E-state index contributed by atoms with van der Waals surface area (Å²) >= 11 is 13.7. The second-order valence-electron chi connectivity index (χ2n) is 7.71. The molecule has 0 saturated carbocycles. The van der Waals surface area contributed by atoms with Gasteiger partial charge < -0.3 is 10.2 Å². The summed E-state index contributed by atoms with van der Waals surface area (Å²) in [4.78, 5) is 24.1. The molecule has 5 nitrogen and oxygen atoms in total. The maximum Gasteiger partial charge on any atom is 0.286 e. The van der Waals surface area contributed by atoms with E-state index in [9.17, 15) is 4.79 Å². The summed E-state index contributed by atoms with van der Waals surface area (Å²) in [6.07, 6.45) is 7.44. The van der Waals surface area contributed by atoms with Crippen LogP contribution in [0.4, 0.5) is 11.4 Å². The fourth-order valence-electron chi connectivity index (χ4n) is 3.99. The molecule has 1 saturated heterocycles. The van der Waals surface area contributed by atoms with Gasteiger partial charge in [-0.15, -0.1) is 0 Å². The normalized spacial score (nSPS) is 17.8. The molecular formula is C24H20Cl2N4OS. The number of para-hydroxylation sites is 1. The molecule has 3 heterocycles. The molecule has 32 heavy (non-hydrogen) atoms. The van der Waals surface area contributed by atoms with Gasteiger partial charge in [-0.05, 0) is 73.0 Å². The molecule has 2 aliphatic rings. The number of halogens is 2. The van der Waals surface area contributed by atoms with Crippen molar-refractivity contribution in [2.24, 2.45) is 4.99 Å². The fourth-order valence-corrected chi connectivity index (χ4v) is 5.30. The number of hydrogen-bond acceptors (Lipinski definition) is 5. The Labute approximate surface area is 200 Å². The van der Waals surface area contributed by atoms with E-state index in [0.29, 0.717) is 25.8 Å². The predicted octanol–water partition coefficient (Wildman–Crippen LogP) is 6.61. The van der Waals surface area contributed by atoms with Crippen molar-refractivity contribution in [3.05, 3.63) is 69.2 Å². The molecule has 162 valence electrons. The van der Waals surface area contributed by atoms with Gasteiger partial charge in [0.15, 0.2) is 5.17 Å². The van der Waals surface area contributed by atoms with E-state index in [1.807, 2.05) is 24.4 Å². The molecule has 1 aromatic heterocycles. The van der Waals surface area contributed by atoms with Crippen molar-refractivity contribution in [2.75, 3.05) is 23.3 Å². The third kappa shape index (κ3) is 4.35. The number of thioether (sulfide) groups is 1. The lowest BCUT2D eigenvalue weighted by Gasteiger charge is -2.29. The number of anilines is 2. The summed E-state index contributed by atoms with van der Waals surface area (Å²) in [5, 5.41) is 5.57. The Hall–Kier alpha value is -2.54. The van der Waals surface area contributed by atoms with Gasteiger partial charge in [0.25, 0.3) is 5.91 Å². The number of piperidine rings is 1. The molecule has 2 aliphatic heterocycles. The van der Waals surface area contributed by atoms with Crippen LogP contribution in [-0.2, 0) is 4.79 Å². The smallest absolute Gasteiger partial charge is 0.286 e. The van der Waals surface area contributed by atoms with Crippen molar-refractivity contribution in [1.29, 1.82) is 0 Å². The Balaban J connectivity index is 1.41. The third-order valence-electron chi connectivity index (χ3n) is 5.55. The van der Waals surface area contributed by atoms with Crippen molar-refractivity contribution in [2.45, 2.75) is 19.3 Å². The molecule has 3 aromatic rings. The predicted molar refractivity (Wildman–Crippen MR) is 136 cm³/mol. The minimum atomic E-state index is -0.289. The highest BCUT2D eigenvalue weighted by Crippen LogP contribution is 2.35. The number of aromatic nitrogens is 1. The number of fused-ring (bicyclic) bond motifs is 1. The molecule has 1 N–H and O–H groups in total. The van der Waals surface area contributed by atoms with Gasteiger partial charge >= 0.3 is 0 Å². The van der Waals surface area contributed by atoms with E-state index in [1.54, 1.807) is 18.2 Å². The van der Waals surface area contributed by atoms with Gasteiger partial charge in [-0.2, -0.15) is 4.99 Å². The zero-order valence-electron chi connectivity index (χ0n) is 17.1. The van der Waals surface area contributed by atoms with E-state index in [2.05, 4.69) is 32.3 Å². The number of benzene rings is 2. The molecular weight excluding hydrogens is 463 g/mol. The average Bonchev–Trinajstić information content (AvgIpc) is 3.15. The van der Waals surface area contributed by atoms with Gasteiger partial charge in [0.05, 0.1) is 26.2 Å². The molecule has 0 bridgehead atoms. The Morgan fingerprint density at radius 3 is 2.59 bits per heavy atom. The molecule has 0 unspecified atom stereocenters. The number of carbonyl (C=O) groups excluding carboxylic acids is 1. The van der Waals surface area contributed by atoms with Gasteiger partial charge in [0.2, 0.25) is 0 Å². The van der Waals surface area contributed by atoms with Crippen LogP contribution in [0.2, 0.25) is 10.0 Å². The van der Waals surface area contributed by atoms with Crippen molar-refractivity contribution in [1.82, 2.24) is 4.98 Å². The number of nitrogens with one attached hydrogen (secondary N) is 1. The first-order valence-electron chi connectivity index (χ1n) is 10.5. The van der Waals surface area contributed by atoms with Crippen molar-refractivity contribution < 1.29 is 4.79 Å². The van der Waals surface area contributed by atoms with Crippen LogP contribution in [0.25, 0.3) is 17.0 Å². The van der Waals surface area contributed by atoms with Gasteiger partial charge in [0.1, 0.15) is 0 Å². The van der Waals surface area contributed by atoms with Crippen LogP contribution in [0.15, 0.2) is 58.6 Å². The molecule has 0 aliphatic carbocycles. The lowest BCUT2D eigenvalue weighted by molar-refractivity contribution is -0.113. The first-order chi connectivity index (χ1) is 15.6. The maximum absolute atomic E-state index is 12.5. The number of carbonyl (C=O) groups is 1. The number of aliphatic imine (C=N–C) groups is 1. The van der Waals surface area contributed by atoms with E-state index in [4.69, 9.17) is 23.2 Å². The summed E-state index contributed by atoms with van der Waals surface area (Å²) < 4.78 is 0. The van der Waals surface area contributed by atoms with Crippen LogP contribution >= 0.6 is 35.0 Å². The van der Waals surface area contributed by atoms with Gasteiger partial charge in [-0.1, -0.05) is 35.3 Å². The zero-order valence-corrected chi connectivity index (χ0v) is 19.5. The molecule has 0 spiro atoms. The lowest BCUT2D eigenvalue weighted by atomic mass is 10.1. The number of rotatable bonds is 3. The molecule has 0 radical (unpaired) electrons. The highest BCUT2D eigenvalue weighted by Gasteiger charge is 2.23. The third-order valence-corrected chi connectivity index (χ3v) is 7.08. The first-order valence-corrected chi connectivity index (χ1v) is 12.0. The van der Waals surface area contributed by atoms with E-state index in [-0.39, 0.29) is 5.91 Å². The van der Waals surface area contributed by atoms with Crippen LogP contribution in [0.3, 0.4) is 0 Å². The first kappa shape index (κ1) is 21.3. The molecule has 1 fully saturated rings. The van der Waals surface area contributed by atoms with Crippen molar-refractivity contribution >= 4 is 74.4 Å². The summed E-state index contributed by atoms with van der Waals surface area (Å²) in [7, 11) is 0. The van der Waals surface area contributed by atoms with Crippen LogP contribution < -0.4 is 10.2 Å². The molecule has 8 heteroatoms. The standard InChI is InChI=1S/C24H20Cl2N4OS/c25-17-5-4-6-18(26)22(17)28-24-29-23(31)21(32-24)14-15-7-8-19-16(13-15)20(9-10-27-19)30-11-2-1-3-12-30/h4-10,13-14H,1-3,11-12H2,(H,28,29,31)/b21-14+. The Morgan fingerprint density at radius 1 is 1.03 bits per heavy atom. The van der Waals surface area contributed by atoms with E-state index in [0.717, 1.165) is 29.6 Å². The largest absolute Gasteiger partial charge is 0.371 e. The summed E-state index contributed by atoms with van der Waals surface area (Å²) in [5.41, 5.74) is 3.63. The molecule has 1 amide bonds. The fraction of sp³-hybridized carbons (Fsp3) is 0.208. The number of hydrogen-bond donors (Lipinski definition) is 1. The minimum absolute atomic E-state index is 0.289. The average molecular weight is 483 g/mol. The zero-order chi connectivity index (χ0) is 22.1. The summed E-state index contributed by atoms with van der Waals surface area (Å²) in [6, 6.07) is 13.4. The number of pyridine rings is 1. The van der Waals surface area contributed by atoms with E-state index >= 15 is 0 Å². The monoisotopic (exact) mass is 482 g/mol. The molecule has 5 rings (SSSR count). The SMILES string of the molecule is O=C1N=C(Nc2c(Cl)cccc2Cl)S/C1=C/c1ccc2nccc(N3CCCCC3)c2c1. The number of amides is 1. The Morgan fingerprint density at radius 2 is 1.81 bits per heavy atom. The topological polar surface area (TPSA) is 57.6 Å². The lowest BCUT2D eigenvalue weighted by Crippen LogP contribution is -2.29. The van der Waals surface area contributed by atoms with Crippen LogP contribution in [0.5, 0.6) is 0 Å². The summed E-state index contributed by atoms with van der Waals surface area (Å²) in [5.74, 6) is -0.289. The van der Waals surface area contributed by atoms with Crippen molar-refractivity contribution in [3.8, 4) is 0 Å². The number of amidine groups is 1. The molecule has 0 atom stereocenters.